The van der Waals surface area contributed by atoms with Crippen molar-refractivity contribution in [3.05, 3.63) is 37.0 Å². The second kappa shape index (κ2) is 6.08. The summed E-state index contributed by atoms with van der Waals surface area (Å²) in [6.45, 7) is 19.1. The highest BCUT2D eigenvalue weighted by Crippen LogP contribution is 2.34. The molecule has 0 aromatic carbocycles. The Labute approximate surface area is 102 Å². The molecule has 0 rings (SSSR count). The van der Waals surface area contributed by atoms with E-state index in [4.69, 9.17) is 0 Å². The largest absolute Gasteiger partial charge is 0.0991 e. The molecule has 0 saturated carbocycles. The minimum absolute atomic E-state index is 0.210. The van der Waals surface area contributed by atoms with Gasteiger partial charge in [0.2, 0.25) is 0 Å². The van der Waals surface area contributed by atoms with Crippen LogP contribution in [0.2, 0.25) is 0 Å². The van der Waals surface area contributed by atoms with Crippen molar-refractivity contribution in [2.24, 2.45) is 10.8 Å². The predicted molar refractivity (Wildman–Crippen MR) is 75.6 cm³/mol. The van der Waals surface area contributed by atoms with Crippen LogP contribution in [0.15, 0.2) is 37.0 Å². The van der Waals surface area contributed by atoms with Crippen molar-refractivity contribution in [2.45, 2.75) is 53.9 Å². The van der Waals surface area contributed by atoms with Gasteiger partial charge in [-0.15, -0.1) is 0 Å². The summed E-state index contributed by atoms with van der Waals surface area (Å²) in [4.78, 5) is 0. The van der Waals surface area contributed by atoms with Gasteiger partial charge < -0.3 is 0 Å². The lowest BCUT2D eigenvalue weighted by atomic mass is 9.77. The predicted octanol–water partition coefficient (Wildman–Crippen LogP) is 5.53. The Morgan fingerprint density at radius 1 is 1.00 bits per heavy atom. The van der Waals surface area contributed by atoms with Gasteiger partial charge in [-0.1, -0.05) is 72.4 Å². The van der Waals surface area contributed by atoms with Gasteiger partial charge in [0, 0.05) is 0 Å². The first-order valence-electron chi connectivity index (χ1n) is 6.18. The van der Waals surface area contributed by atoms with Crippen LogP contribution in [0.25, 0.3) is 0 Å². The molecule has 0 bridgehead atoms. The maximum Gasteiger partial charge on any atom is -0.0104 e. The summed E-state index contributed by atoms with van der Waals surface area (Å²) in [5, 5.41) is 0. The van der Waals surface area contributed by atoms with Gasteiger partial charge in [-0.05, 0) is 29.2 Å². The smallest absolute Gasteiger partial charge is 0.0104 e. The average molecular weight is 220 g/mol. The fraction of sp³-hybridized carbons (Fsp3) is 0.625. The van der Waals surface area contributed by atoms with Crippen molar-refractivity contribution in [1.82, 2.24) is 0 Å². The molecular formula is C16H28. The Morgan fingerprint density at radius 3 is 1.94 bits per heavy atom. The lowest BCUT2D eigenvalue weighted by Crippen LogP contribution is -2.15. The monoisotopic (exact) mass is 220 g/mol. The van der Waals surface area contributed by atoms with E-state index in [1.165, 1.54) is 24.8 Å². The maximum absolute atomic E-state index is 3.89. The van der Waals surface area contributed by atoms with Gasteiger partial charge in [0.05, 0.1) is 0 Å². The van der Waals surface area contributed by atoms with E-state index in [0.717, 1.165) is 0 Å². The molecule has 0 heterocycles. The van der Waals surface area contributed by atoms with Gasteiger partial charge in [-0.25, -0.2) is 0 Å². The Hall–Kier alpha value is -0.780. The molecule has 0 nitrogen and oxygen atoms in total. The molecule has 0 unspecified atom stereocenters. The van der Waals surface area contributed by atoms with E-state index in [1.807, 2.05) is 12.2 Å². The van der Waals surface area contributed by atoms with Crippen LogP contribution >= 0.6 is 0 Å². The van der Waals surface area contributed by atoms with Crippen LogP contribution in [0.5, 0.6) is 0 Å². The van der Waals surface area contributed by atoms with Crippen LogP contribution in [0, 0.1) is 10.8 Å². The molecule has 16 heavy (non-hydrogen) atoms. The summed E-state index contributed by atoms with van der Waals surface area (Å²) in [5.41, 5.74) is 1.93. The number of hydrogen-bond acceptors (Lipinski definition) is 0. The first-order valence-corrected chi connectivity index (χ1v) is 6.18. The average Bonchev–Trinajstić information content (AvgIpc) is 2.11. The van der Waals surface area contributed by atoms with Crippen LogP contribution < -0.4 is 0 Å². The summed E-state index contributed by atoms with van der Waals surface area (Å²) in [7, 11) is 0. The number of rotatable bonds is 6. The van der Waals surface area contributed by atoms with E-state index < -0.39 is 0 Å². The quantitative estimate of drug-likeness (QED) is 0.516. The van der Waals surface area contributed by atoms with Crippen molar-refractivity contribution in [1.29, 1.82) is 0 Å². The van der Waals surface area contributed by atoms with E-state index in [0.29, 0.717) is 5.41 Å². The summed E-state index contributed by atoms with van der Waals surface area (Å²) in [6, 6.07) is 0. The minimum atomic E-state index is 0.210. The molecule has 0 radical (unpaired) electrons. The summed E-state index contributed by atoms with van der Waals surface area (Å²) in [6.07, 6.45) is 9.62. The zero-order chi connectivity index (χ0) is 12.8. The van der Waals surface area contributed by atoms with Gasteiger partial charge in [0.25, 0.3) is 0 Å². The Balaban J connectivity index is 4.39. The number of hydrogen-bond donors (Lipinski definition) is 0. The molecule has 0 aromatic rings. The van der Waals surface area contributed by atoms with Crippen LogP contribution in [-0.2, 0) is 0 Å². The highest BCUT2D eigenvalue weighted by Gasteiger charge is 2.21. The van der Waals surface area contributed by atoms with Crippen molar-refractivity contribution in [3.63, 3.8) is 0 Å². The minimum Gasteiger partial charge on any atom is -0.0991 e. The normalized spacial score (nSPS) is 13.7. The molecular weight excluding hydrogens is 192 g/mol. The first-order chi connectivity index (χ1) is 7.23. The summed E-state index contributed by atoms with van der Waals surface area (Å²) >= 11 is 0. The topological polar surface area (TPSA) is 0 Å². The third-order valence-electron chi connectivity index (χ3n) is 3.03. The molecule has 0 amide bonds. The van der Waals surface area contributed by atoms with Gasteiger partial charge in [-0.2, -0.15) is 0 Å². The third-order valence-corrected chi connectivity index (χ3v) is 3.03. The van der Waals surface area contributed by atoms with Gasteiger partial charge >= 0.3 is 0 Å². The molecule has 0 N–H and O–H groups in total. The standard InChI is InChI=1S/C16H28/c1-8-11-14(9-2)16(6,7)13-10-12-15(3,4)5/h8-9,11H,1-2,10,12-13H2,3-7H3/b14-11+. The van der Waals surface area contributed by atoms with Crippen molar-refractivity contribution in [2.75, 3.05) is 0 Å². The van der Waals surface area contributed by atoms with Crippen LogP contribution in [-0.4, -0.2) is 0 Å². The SMILES string of the molecule is C=C/C=C(\C=C)C(C)(C)CCCC(C)(C)C. The molecule has 0 aromatic heterocycles. The maximum atomic E-state index is 3.89. The lowest BCUT2D eigenvalue weighted by Gasteiger charge is -2.28. The third kappa shape index (κ3) is 5.95. The first kappa shape index (κ1) is 15.2. The zero-order valence-corrected chi connectivity index (χ0v) is 11.8. The van der Waals surface area contributed by atoms with E-state index in [2.05, 4.69) is 53.9 Å². The molecule has 0 atom stereocenters. The van der Waals surface area contributed by atoms with Gasteiger partial charge in [0.15, 0.2) is 0 Å². The highest BCUT2D eigenvalue weighted by atomic mass is 14.3. The van der Waals surface area contributed by atoms with E-state index in [1.54, 1.807) is 0 Å². The van der Waals surface area contributed by atoms with Crippen molar-refractivity contribution < 1.29 is 0 Å². The van der Waals surface area contributed by atoms with E-state index in [9.17, 15) is 0 Å². The molecule has 0 saturated heterocycles. The second-order valence-electron chi connectivity index (χ2n) is 6.36. The van der Waals surface area contributed by atoms with E-state index >= 15 is 0 Å². The highest BCUT2D eigenvalue weighted by molar-refractivity contribution is 5.27. The van der Waals surface area contributed by atoms with Crippen LogP contribution in [0.4, 0.5) is 0 Å². The number of allylic oxidation sites excluding steroid dienone is 4. The molecule has 0 heteroatoms. The Bertz CT molecular complexity index is 258. The Morgan fingerprint density at radius 2 is 1.56 bits per heavy atom. The Kier molecular flexibility index (Phi) is 5.78. The fourth-order valence-electron chi connectivity index (χ4n) is 1.90. The zero-order valence-electron chi connectivity index (χ0n) is 11.8. The van der Waals surface area contributed by atoms with Crippen LogP contribution in [0.3, 0.4) is 0 Å². The fourth-order valence-corrected chi connectivity index (χ4v) is 1.90. The second-order valence-corrected chi connectivity index (χ2v) is 6.36. The van der Waals surface area contributed by atoms with Gasteiger partial charge in [-0.3, -0.25) is 0 Å². The molecule has 0 aliphatic heterocycles. The molecule has 92 valence electrons. The molecule has 0 aliphatic carbocycles. The molecule has 0 spiro atoms. The molecule has 0 aliphatic rings. The molecule has 0 fully saturated rings. The summed E-state index contributed by atoms with van der Waals surface area (Å²) in [5.74, 6) is 0. The summed E-state index contributed by atoms with van der Waals surface area (Å²) < 4.78 is 0. The van der Waals surface area contributed by atoms with E-state index in [-0.39, 0.29) is 5.41 Å². The lowest BCUT2D eigenvalue weighted by molar-refractivity contribution is 0.316. The van der Waals surface area contributed by atoms with Crippen molar-refractivity contribution >= 4 is 0 Å². The van der Waals surface area contributed by atoms with Crippen LogP contribution in [0.1, 0.15) is 53.9 Å². The van der Waals surface area contributed by atoms with Crippen molar-refractivity contribution in [3.8, 4) is 0 Å². The van der Waals surface area contributed by atoms with Gasteiger partial charge in [0.1, 0.15) is 0 Å².